The van der Waals surface area contributed by atoms with Crippen molar-refractivity contribution >= 4 is 10.0 Å². The summed E-state index contributed by atoms with van der Waals surface area (Å²) >= 11 is 0. The molecule has 0 aromatic carbocycles. The third-order valence-electron chi connectivity index (χ3n) is 0.854. The molecule has 0 rings (SSSR count). The lowest BCUT2D eigenvalue weighted by Gasteiger charge is -2.13. The fourth-order valence-electron chi connectivity index (χ4n) is 0. The maximum Gasteiger partial charge on any atom is 0.214 e. The van der Waals surface area contributed by atoms with Crippen molar-refractivity contribution in [2.24, 2.45) is 5.14 Å². The first-order valence-corrected chi connectivity index (χ1v) is 4.82. The molecule has 0 aromatic rings. The van der Waals surface area contributed by atoms with E-state index in [2.05, 4.69) is 0 Å². The van der Waals surface area contributed by atoms with Crippen molar-refractivity contribution in [3.8, 4) is 0 Å². The summed E-state index contributed by atoms with van der Waals surface area (Å²) in [6.07, 6.45) is 0. The lowest BCUT2D eigenvalue weighted by Crippen LogP contribution is -2.34. The van der Waals surface area contributed by atoms with Crippen LogP contribution in [0.1, 0.15) is 34.6 Å². The molecule has 64 valence electrons. The first-order chi connectivity index (χ1) is 4.25. The maximum atomic E-state index is 10.4. The molecule has 10 heavy (non-hydrogen) atoms. The zero-order valence-corrected chi connectivity index (χ0v) is 8.12. The summed E-state index contributed by atoms with van der Waals surface area (Å²) in [5.41, 5.74) is 0. The van der Waals surface area contributed by atoms with Gasteiger partial charge in [0.2, 0.25) is 10.0 Å². The monoisotopic (exact) mass is 167 g/mol. The van der Waals surface area contributed by atoms with E-state index in [9.17, 15) is 8.42 Å². The highest BCUT2D eigenvalue weighted by molar-refractivity contribution is 7.90. The molecule has 0 spiro atoms. The highest BCUT2D eigenvalue weighted by Crippen LogP contribution is 2.09. The van der Waals surface area contributed by atoms with Crippen LogP contribution in [-0.2, 0) is 10.0 Å². The standard InChI is InChI=1S/C4H11NO2S.C2H6/c1-4(2,3)8(5,6)7;1-2/h1-3H3,(H2,5,6,7);1-2H3. The van der Waals surface area contributed by atoms with Crippen LogP contribution in [0.3, 0.4) is 0 Å². The molecular weight excluding hydrogens is 150 g/mol. The van der Waals surface area contributed by atoms with Gasteiger partial charge in [-0.1, -0.05) is 13.8 Å². The van der Waals surface area contributed by atoms with Gasteiger partial charge in [-0.15, -0.1) is 0 Å². The second kappa shape index (κ2) is 3.93. The predicted molar refractivity (Wildman–Crippen MR) is 44.2 cm³/mol. The van der Waals surface area contributed by atoms with Crippen molar-refractivity contribution in [1.29, 1.82) is 0 Å². The number of hydrogen-bond acceptors (Lipinski definition) is 2. The van der Waals surface area contributed by atoms with Gasteiger partial charge in [-0.25, -0.2) is 13.6 Å². The van der Waals surface area contributed by atoms with E-state index in [1.807, 2.05) is 13.8 Å². The number of hydrogen-bond donors (Lipinski definition) is 1. The van der Waals surface area contributed by atoms with Crippen LogP contribution >= 0.6 is 0 Å². The highest BCUT2D eigenvalue weighted by Gasteiger charge is 2.23. The van der Waals surface area contributed by atoms with Gasteiger partial charge in [0, 0.05) is 0 Å². The van der Waals surface area contributed by atoms with Gasteiger partial charge in [0.1, 0.15) is 0 Å². The Balaban J connectivity index is 0. The van der Waals surface area contributed by atoms with Crippen LogP contribution in [0.15, 0.2) is 0 Å². The van der Waals surface area contributed by atoms with Crippen LogP contribution in [0.4, 0.5) is 0 Å². The van der Waals surface area contributed by atoms with E-state index in [1.54, 1.807) is 20.8 Å². The molecule has 0 aromatic heterocycles. The molecule has 0 saturated heterocycles. The van der Waals surface area contributed by atoms with Gasteiger partial charge in [-0.2, -0.15) is 0 Å². The van der Waals surface area contributed by atoms with Gasteiger partial charge in [0.15, 0.2) is 0 Å². The van der Waals surface area contributed by atoms with Gasteiger partial charge in [-0.3, -0.25) is 0 Å². The van der Waals surface area contributed by atoms with Crippen molar-refractivity contribution in [3.63, 3.8) is 0 Å². The first kappa shape index (κ1) is 12.6. The Bertz CT molecular complexity index is 165. The topological polar surface area (TPSA) is 60.2 Å². The Morgan fingerprint density at radius 3 is 1.20 bits per heavy atom. The van der Waals surface area contributed by atoms with Gasteiger partial charge >= 0.3 is 0 Å². The molecule has 0 fully saturated rings. The molecule has 0 aliphatic rings. The fraction of sp³-hybridized carbons (Fsp3) is 1.00. The summed E-state index contributed by atoms with van der Waals surface area (Å²) < 4.78 is 20.0. The lowest BCUT2D eigenvalue weighted by molar-refractivity contribution is 0.562. The van der Waals surface area contributed by atoms with Gasteiger partial charge < -0.3 is 0 Å². The zero-order chi connectivity index (χ0) is 9.00. The summed E-state index contributed by atoms with van der Waals surface area (Å²) in [6.45, 7) is 8.67. The Hall–Kier alpha value is -0.0900. The average Bonchev–Trinajstić information content (AvgIpc) is 1.66. The number of nitrogens with two attached hydrogens (primary N) is 1. The zero-order valence-electron chi connectivity index (χ0n) is 7.30. The van der Waals surface area contributed by atoms with E-state index in [4.69, 9.17) is 5.14 Å². The molecule has 0 aliphatic carbocycles. The van der Waals surface area contributed by atoms with Crippen molar-refractivity contribution in [3.05, 3.63) is 0 Å². The van der Waals surface area contributed by atoms with Gasteiger partial charge in [0.05, 0.1) is 4.75 Å². The Morgan fingerprint density at radius 2 is 1.20 bits per heavy atom. The molecule has 0 unspecified atom stereocenters. The van der Waals surface area contributed by atoms with Crippen LogP contribution in [-0.4, -0.2) is 13.2 Å². The molecule has 0 radical (unpaired) electrons. The van der Waals surface area contributed by atoms with Gasteiger partial charge in [0.25, 0.3) is 0 Å². The van der Waals surface area contributed by atoms with Crippen LogP contribution in [0.2, 0.25) is 0 Å². The summed E-state index contributed by atoms with van der Waals surface area (Å²) in [4.78, 5) is 0. The maximum absolute atomic E-state index is 10.4. The van der Waals surface area contributed by atoms with Crippen molar-refractivity contribution < 1.29 is 8.42 Å². The van der Waals surface area contributed by atoms with Crippen LogP contribution in [0.25, 0.3) is 0 Å². The molecule has 2 N–H and O–H groups in total. The molecular formula is C6H17NO2S. The van der Waals surface area contributed by atoms with Crippen LogP contribution in [0.5, 0.6) is 0 Å². The Morgan fingerprint density at radius 1 is 1.10 bits per heavy atom. The summed E-state index contributed by atoms with van der Waals surface area (Å²) in [5, 5.41) is 4.78. The second-order valence-corrected chi connectivity index (χ2v) is 4.97. The molecule has 0 atom stereocenters. The second-order valence-electron chi connectivity index (χ2n) is 2.66. The summed E-state index contributed by atoms with van der Waals surface area (Å²) in [6, 6.07) is 0. The van der Waals surface area contributed by atoms with E-state index in [0.29, 0.717) is 0 Å². The summed E-state index contributed by atoms with van der Waals surface area (Å²) in [5.74, 6) is 0. The Labute approximate surface area is 63.7 Å². The number of primary sulfonamides is 1. The summed E-state index contributed by atoms with van der Waals surface area (Å²) in [7, 11) is -3.34. The van der Waals surface area contributed by atoms with E-state index in [1.165, 1.54) is 0 Å². The molecule has 0 saturated carbocycles. The average molecular weight is 167 g/mol. The smallest absolute Gasteiger partial charge is 0.214 e. The minimum atomic E-state index is -3.34. The molecule has 0 bridgehead atoms. The first-order valence-electron chi connectivity index (χ1n) is 3.27. The quantitative estimate of drug-likeness (QED) is 0.587. The SMILES string of the molecule is CC.CC(C)(C)S(N)(=O)=O. The normalized spacial score (nSPS) is 11.8. The minimum Gasteiger partial charge on any atom is -0.228 e. The lowest BCUT2D eigenvalue weighted by atomic mass is 10.3. The van der Waals surface area contributed by atoms with E-state index in [0.717, 1.165) is 0 Å². The van der Waals surface area contributed by atoms with E-state index in [-0.39, 0.29) is 0 Å². The van der Waals surface area contributed by atoms with Gasteiger partial charge in [-0.05, 0) is 20.8 Å². The molecule has 0 amide bonds. The number of rotatable bonds is 0. The van der Waals surface area contributed by atoms with Crippen molar-refractivity contribution in [1.82, 2.24) is 0 Å². The van der Waals surface area contributed by atoms with Crippen LogP contribution in [0, 0.1) is 0 Å². The van der Waals surface area contributed by atoms with E-state index < -0.39 is 14.8 Å². The Kier molecular flexibility index (Phi) is 4.94. The minimum absolute atomic E-state index is 0.812. The molecule has 3 nitrogen and oxygen atoms in total. The molecule has 0 heterocycles. The van der Waals surface area contributed by atoms with Crippen LogP contribution < -0.4 is 5.14 Å². The van der Waals surface area contributed by atoms with Crippen molar-refractivity contribution in [2.75, 3.05) is 0 Å². The third-order valence-corrected chi connectivity index (χ3v) is 2.56. The predicted octanol–water partition coefficient (Wildman–Crippen LogP) is 1.10. The third kappa shape index (κ3) is 4.76. The fourth-order valence-corrected chi connectivity index (χ4v) is 0. The molecule has 4 heteroatoms. The molecule has 0 aliphatic heterocycles. The largest absolute Gasteiger partial charge is 0.228 e. The van der Waals surface area contributed by atoms with Crippen molar-refractivity contribution in [2.45, 2.75) is 39.4 Å². The highest BCUT2D eigenvalue weighted by atomic mass is 32.2. The van der Waals surface area contributed by atoms with E-state index >= 15 is 0 Å². The number of sulfonamides is 1.